The van der Waals surface area contributed by atoms with E-state index in [1.807, 2.05) is 13.8 Å². The Bertz CT molecular complexity index is 846. The molecular formula is C18H22ClN3O3. The Hall–Kier alpha value is -2.47. The first-order chi connectivity index (χ1) is 11.9. The molecular weight excluding hydrogens is 342 g/mol. The highest BCUT2D eigenvalue weighted by Gasteiger charge is 2.15. The van der Waals surface area contributed by atoms with Crippen LogP contribution in [-0.4, -0.2) is 24.5 Å². The third-order valence-corrected chi connectivity index (χ3v) is 4.17. The van der Waals surface area contributed by atoms with E-state index in [4.69, 9.17) is 16.3 Å². The summed E-state index contributed by atoms with van der Waals surface area (Å²) in [6, 6.07) is 4.77. The van der Waals surface area contributed by atoms with E-state index in [0.29, 0.717) is 27.7 Å². The van der Waals surface area contributed by atoms with Crippen molar-refractivity contribution in [2.45, 2.75) is 27.3 Å². The van der Waals surface area contributed by atoms with Crippen LogP contribution in [0.25, 0.3) is 0 Å². The maximum atomic E-state index is 12.6. The van der Waals surface area contributed by atoms with Crippen LogP contribution < -0.4 is 20.8 Å². The van der Waals surface area contributed by atoms with Gasteiger partial charge in [0.1, 0.15) is 0 Å². The number of H-pyrrole nitrogens is 1. The van der Waals surface area contributed by atoms with Gasteiger partial charge in [-0.15, -0.1) is 0 Å². The van der Waals surface area contributed by atoms with Crippen LogP contribution in [0, 0.1) is 13.8 Å². The molecule has 7 heteroatoms. The van der Waals surface area contributed by atoms with Crippen LogP contribution in [0.4, 0.5) is 5.69 Å². The molecule has 1 amide bonds. The molecule has 0 fully saturated rings. The number of rotatable bonds is 6. The Kier molecular flexibility index (Phi) is 6.09. The monoisotopic (exact) mass is 363 g/mol. The minimum Gasteiger partial charge on any atom is -0.482 e. The van der Waals surface area contributed by atoms with Crippen LogP contribution in [0.1, 0.15) is 34.1 Å². The first-order valence-electron chi connectivity index (χ1n) is 7.96. The van der Waals surface area contributed by atoms with Crippen LogP contribution in [0.2, 0.25) is 5.02 Å². The van der Waals surface area contributed by atoms with Gasteiger partial charge in [-0.05, 0) is 38.5 Å². The molecule has 3 N–H and O–H groups in total. The maximum Gasteiger partial charge on any atom is 0.251 e. The minimum atomic E-state index is -0.284. The average molecular weight is 364 g/mol. The van der Waals surface area contributed by atoms with E-state index in [1.165, 1.54) is 13.2 Å². The van der Waals surface area contributed by atoms with Crippen molar-refractivity contribution in [3.8, 4) is 5.88 Å². The second-order valence-electron chi connectivity index (χ2n) is 5.64. The lowest BCUT2D eigenvalue weighted by molar-refractivity contribution is 0.0950. The number of benzene rings is 1. The van der Waals surface area contributed by atoms with E-state index in [9.17, 15) is 9.59 Å². The zero-order chi connectivity index (χ0) is 18.6. The van der Waals surface area contributed by atoms with Gasteiger partial charge in [0.05, 0.1) is 7.11 Å². The van der Waals surface area contributed by atoms with E-state index >= 15 is 0 Å². The van der Waals surface area contributed by atoms with Crippen molar-refractivity contribution in [1.29, 1.82) is 0 Å². The number of aromatic nitrogens is 1. The lowest BCUT2D eigenvalue weighted by Crippen LogP contribution is -2.27. The number of anilines is 1. The molecule has 2 aromatic rings. The summed E-state index contributed by atoms with van der Waals surface area (Å²) in [5.74, 6) is 0.104. The summed E-state index contributed by atoms with van der Waals surface area (Å²) in [7, 11) is 1.48. The number of methoxy groups -OCH3 is 1. The number of hydrogen-bond donors (Lipinski definition) is 3. The first-order valence-corrected chi connectivity index (χ1v) is 8.34. The van der Waals surface area contributed by atoms with Gasteiger partial charge in [0.15, 0.2) is 11.3 Å². The predicted octanol–water partition coefficient (Wildman–Crippen LogP) is 3.02. The highest BCUT2D eigenvalue weighted by atomic mass is 35.5. The molecule has 0 saturated carbocycles. The molecule has 1 aromatic heterocycles. The van der Waals surface area contributed by atoms with E-state index in [-0.39, 0.29) is 17.9 Å². The molecule has 1 aromatic carbocycles. The van der Waals surface area contributed by atoms with Gasteiger partial charge in [0, 0.05) is 46.7 Å². The molecule has 0 radical (unpaired) electrons. The summed E-state index contributed by atoms with van der Waals surface area (Å²) in [6.07, 6.45) is 0. The van der Waals surface area contributed by atoms with Crippen molar-refractivity contribution in [2.75, 3.05) is 19.0 Å². The second-order valence-corrected chi connectivity index (χ2v) is 6.08. The number of pyridine rings is 1. The molecule has 0 aliphatic carbocycles. The SMILES string of the molecule is CCNc1cc(Cl)cc(C(=O)NCc2c(C)[nH]c(OC)cc2=O)c1C. The van der Waals surface area contributed by atoms with E-state index in [1.54, 1.807) is 19.1 Å². The van der Waals surface area contributed by atoms with Gasteiger partial charge < -0.3 is 20.4 Å². The predicted molar refractivity (Wildman–Crippen MR) is 99.9 cm³/mol. The van der Waals surface area contributed by atoms with Crippen molar-refractivity contribution < 1.29 is 9.53 Å². The standard InChI is InChI=1S/C18H22ClN3O3/c1-5-20-15-7-12(19)6-13(10(15)2)18(24)21-9-14-11(3)22-17(25-4)8-16(14)23/h6-8,20H,5,9H2,1-4H3,(H,21,24)(H,22,23). The third kappa shape index (κ3) is 4.33. The van der Waals surface area contributed by atoms with Gasteiger partial charge in [-0.1, -0.05) is 11.6 Å². The van der Waals surface area contributed by atoms with Crippen molar-refractivity contribution >= 4 is 23.2 Å². The Labute approximate surface area is 151 Å². The molecule has 0 aliphatic heterocycles. The van der Waals surface area contributed by atoms with Crippen LogP contribution in [0.3, 0.4) is 0 Å². The van der Waals surface area contributed by atoms with Gasteiger partial charge in [-0.3, -0.25) is 9.59 Å². The Morgan fingerprint density at radius 3 is 2.60 bits per heavy atom. The quantitative estimate of drug-likeness (QED) is 0.736. The molecule has 25 heavy (non-hydrogen) atoms. The van der Waals surface area contributed by atoms with E-state index < -0.39 is 0 Å². The van der Waals surface area contributed by atoms with Crippen molar-refractivity contribution in [1.82, 2.24) is 10.3 Å². The molecule has 0 unspecified atom stereocenters. The van der Waals surface area contributed by atoms with Gasteiger partial charge in [-0.2, -0.15) is 0 Å². The molecule has 2 rings (SSSR count). The number of aryl methyl sites for hydroxylation is 1. The van der Waals surface area contributed by atoms with E-state index in [0.717, 1.165) is 17.8 Å². The van der Waals surface area contributed by atoms with Crippen LogP contribution in [0.5, 0.6) is 5.88 Å². The van der Waals surface area contributed by atoms with Gasteiger partial charge in [0.25, 0.3) is 5.91 Å². The largest absolute Gasteiger partial charge is 0.482 e. The molecule has 134 valence electrons. The molecule has 0 aliphatic rings. The minimum absolute atomic E-state index is 0.118. The third-order valence-electron chi connectivity index (χ3n) is 3.95. The van der Waals surface area contributed by atoms with Crippen molar-refractivity contribution in [2.24, 2.45) is 0 Å². The fourth-order valence-electron chi connectivity index (χ4n) is 2.57. The Morgan fingerprint density at radius 2 is 2.00 bits per heavy atom. The molecule has 0 spiro atoms. The zero-order valence-electron chi connectivity index (χ0n) is 14.7. The highest BCUT2D eigenvalue weighted by molar-refractivity contribution is 6.31. The first kappa shape index (κ1) is 18.9. The second kappa shape index (κ2) is 8.07. The van der Waals surface area contributed by atoms with E-state index in [2.05, 4.69) is 15.6 Å². The number of aromatic amines is 1. The molecule has 6 nitrogen and oxygen atoms in total. The van der Waals surface area contributed by atoms with Crippen molar-refractivity contribution in [3.05, 3.63) is 55.8 Å². The van der Waals surface area contributed by atoms with Crippen LogP contribution >= 0.6 is 11.6 Å². The Balaban J connectivity index is 2.23. The summed E-state index contributed by atoms with van der Waals surface area (Å²) in [4.78, 5) is 27.7. The fraction of sp³-hybridized carbons (Fsp3) is 0.333. The number of nitrogens with one attached hydrogen (secondary N) is 3. The topological polar surface area (TPSA) is 83.2 Å². The number of ether oxygens (including phenoxy) is 1. The molecule has 0 saturated heterocycles. The number of halogens is 1. The fourth-order valence-corrected chi connectivity index (χ4v) is 2.79. The normalized spacial score (nSPS) is 10.4. The van der Waals surface area contributed by atoms with Crippen LogP contribution in [-0.2, 0) is 6.54 Å². The Morgan fingerprint density at radius 1 is 1.28 bits per heavy atom. The lowest BCUT2D eigenvalue weighted by atomic mass is 10.1. The summed E-state index contributed by atoms with van der Waals surface area (Å²) in [5, 5.41) is 6.45. The summed E-state index contributed by atoms with van der Waals surface area (Å²) >= 11 is 6.11. The summed E-state index contributed by atoms with van der Waals surface area (Å²) in [6.45, 7) is 6.43. The number of carbonyl (C=O) groups excluding carboxylic acids is 1. The summed E-state index contributed by atoms with van der Waals surface area (Å²) in [5.41, 5.74) is 3.06. The molecule has 1 heterocycles. The zero-order valence-corrected chi connectivity index (χ0v) is 15.5. The molecule has 0 bridgehead atoms. The van der Waals surface area contributed by atoms with Crippen molar-refractivity contribution in [3.63, 3.8) is 0 Å². The number of amides is 1. The number of carbonyl (C=O) groups is 1. The number of hydrogen-bond acceptors (Lipinski definition) is 4. The molecule has 0 atom stereocenters. The van der Waals surface area contributed by atoms with Gasteiger partial charge in [0.2, 0.25) is 0 Å². The van der Waals surface area contributed by atoms with Gasteiger partial charge in [-0.25, -0.2) is 0 Å². The van der Waals surface area contributed by atoms with Crippen LogP contribution in [0.15, 0.2) is 23.0 Å². The highest BCUT2D eigenvalue weighted by Crippen LogP contribution is 2.25. The average Bonchev–Trinajstić information content (AvgIpc) is 2.56. The van der Waals surface area contributed by atoms with Gasteiger partial charge >= 0.3 is 0 Å². The maximum absolute atomic E-state index is 12.6. The lowest BCUT2D eigenvalue weighted by Gasteiger charge is -2.14. The smallest absolute Gasteiger partial charge is 0.251 e. The summed E-state index contributed by atoms with van der Waals surface area (Å²) < 4.78 is 5.03.